The average Bonchev–Trinajstić information content (AvgIpc) is 2.54. The molecule has 2 rings (SSSR count). The van der Waals surface area contributed by atoms with Crippen molar-refractivity contribution in [1.82, 2.24) is 0 Å². The maximum absolute atomic E-state index is 11.9. The highest BCUT2D eigenvalue weighted by atomic mass is 79.9. The molecule has 0 aliphatic carbocycles. The molecule has 2 aromatic carbocycles. The van der Waals surface area contributed by atoms with Crippen LogP contribution in [0.2, 0.25) is 0 Å². The second kappa shape index (κ2) is 9.85. The normalized spacial score (nSPS) is 10.4. The molecule has 2 aromatic rings. The summed E-state index contributed by atoms with van der Waals surface area (Å²) in [5.41, 5.74) is 1.42. The predicted molar refractivity (Wildman–Crippen MR) is 115 cm³/mol. The third-order valence-corrected chi connectivity index (χ3v) is 6.97. The van der Waals surface area contributed by atoms with Crippen LogP contribution in [0.1, 0.15) is 19.3 Å². The minimum atomic E-state index is -0.117. The van der Waals surface area contributed by atoms with Gasteiger partial charge in [-0.3, -0.25) is 9.59 Å². The molecule has 2 N–H and O–H groups in total. The van der Waals surface area contributed by atoms with Gasteiger partial charge in [-0.25, -0.2) is 0 Å². The van der Waals surface area contributed by atoms with Crippen LogP contribution in [0.3, 0.4) is 0 Å². The van der Waals surface area contributed by atoms with Crippen molar-refractivity contribution in [3.8, 4) is 0 Å². The van der Waals surface area contributed by atoms with Crippen LogP contribution in [0.15, 0.2) is 54.3 Å². The zero-order valence-electron chi connectivity index (χ0n) is 12.9. The van der Waals surface area contributed by atoms with Crippen molar-refractivity contribution >= 4 is 86.9 Å². The maximum Gasteiger partial charge on any atom is 0.224 e. The van der Waals surface area contributed by atoms with Gasteiger partial charge in [0.25, 0.3) is 0 Å². The minimum absolute atomic E-state index is 0.117. The molecule has 0 heterocycles. The number of amides is 2. The van der Waals surface area contributed by atoms with E-state index in [-0.39, 0.29) is 24.7 Å². The Labute approximate surface area is 179 Å². The van der Waals surface area contributed by atoms with E-state index in [4.69, 9.17) is 0 Å². The topological polar surface area (TPSA) is 58.2 Å². The lowest BCUT2D eigenvalue weighted by atomic mass is 10.2. The zero-order chi connectivity index (χ0) is 18.4. The smallest absolute Gasteiger partial charge is 0.224 e. The Hall–Kier alpha value is -0.700. The highest BCUT2D eigenvalue weighted by molar-refractivity contribution is 9.13. The van der Waals surface area contributed by atoms with Crippen LogP contribution in [0.5, 0.6) is 0 Å². The number of hydrogen-bond donors (Lipinski definition) is 2. The van der Waals surface area contributed by atoms with Crippen molar-refractivity contribution in [3.63, 3.8) is 0 Å². The summed E-state index contributed by atoms with van der Waals surface area (Å²) >= 11 is 13.5. The first-order valence-corrected chi connectivity index (χ1v) is 10.5. The standard InChI is InChI=1S/C17H14Br4N2O2/c18-12-6-4-10(8-14(12)20)22-16(24)2-1-3-17(25)23-11-5-7-13(19)15(21)9-11/h4-9H,1-3H2,(H,22,24)(H,23,25). The number of benzene rings is 2. The highest BCUT2D eigenvalue weighted by Crippen LogP contribution is 2.27. The molecular weight excluding hydrogens is 584 g/mol. The fraction of sp³-hybridized carbons (Fsp3) is 0.176. The lowest BCUT2D eigenvalue weighted by Crippen LogP contribution is -2.14. The average molecular weight is 598 g/mol. The quantitative estimate of drug-likeness (QED) is 0.400. The van der Waals surface area contributed by atoms with Gasteiger partial charge in [0, 0.05) is 42.1 Å². The van der Waals surface area contributed by atoms with Crippen LogP contribution in [0.25, 0.3) is 0 Å². The van der Waals surface area contributed by atoms with Crippen molar-refractivity contribution in [2.24, 2.45) is 0 Å². The summed E-state index contributed by atoms with van der Waals surface area (Å²) in [5, 5.41) is 5.63. The van der Waals surface area contributed by atoms with E-state index < -0.39 is 0 Å². The molecule has 4 nitrogen and oxygen atoms in total. The van der Waals surface area contributed by atoms with Gasteiger partial charge in [0.15, 0.2) is 0 Å². The molecular formula is C17H14Br4N2O2. The van der Waals surface area contributed by atoms with E-state index in [0.29, 0.717) is 17.8 Å². The van der Waals surface area contributed by atoms with E-state index in [0.717, 1.165) is 17.9 Å². The van der Waals surface area contributed by atoms with E-state index in [1.807, 2.05) is 36.4 Å². The van der Waals surface area contributed by atoms with E-state index >= 15 is 0 Å². The third-order valence-electron chi connectivity index (χ3n) is 3.21. The van der Waals surface area contributed by atoms with E-state index in [1.165, 1.54) is 0 Å². The van der Waals surface area contributed by atoms with Gasteiger partial charge in [0.1, 0.15) is 0 Å². The molecule has 0 saturated heterocycles. The molecule has 2 amide bonds. The second-order valence-electron chi connectivity index (χ2n) is 5.21. The summed E-state index contributed by atoms with van der Waals surface area (Å²) in [4.78, 5) is 23.9. The summed E-state index contributed by atoms with van der Waals surface area (Å²) in [6.07, 6.45) is 1.04. The Morgan fingerprint density at radius 3 is 1.44 bits per heavy atom. The molecule has 132 valence electrons. The summed E-state index contributed by atoms with van der Waals surface area (Å²) in [6.45, 7) is 0. The molecule has 8 heteroatoms. The van der Waals surface area contributed by atoms with Gasteiger partial charge >= 0.3 is 0 Å². The van der Waals surface area contributed by atoms with E-state index in [2.05, 4.69) is 74.4 Å². The Morgan fingerprint density at radius 1 is 0.680 bits per heavy atom. The molecule has 0 unspecified atom stereocenters. The molecule has 0 atom stereocenters. The summed E-state index contributed by atoms with van der Waals surface area (Å²) < 4.78 is 3.57. The van der Waals surface area contributed by atoms with Gasteiger partial charge in [0.05, 0.1) is 0 Å². The Bertz CT molecular complexity index is 731. The van der Waals surface area contributed by atoms with E-state index in [9.17, 15) is 9.59 Å². The summed E-state index contributed by atoms with van der Waals surface area (Å²) in [5.74, 6) is -0.234. The molecule has 0 aliphatic rings. The highest BCUT2D eigenvalue weighted by Gasteiger charge is 2.08. The number of carbonyl (C=O) groups is 2. The molecule has 0 aromatic heterocycles. The number of anilines is 2. The van der Waals surface area contributed by atoms with Crippen molar-refractivity contribution in [1.29, 1.82) is 0 Å². The van der Waals surface area contributed by atoms with Crippen LogP contribution in [0.4, 0.5) is 11.4 Å². The first-order chi connectivity index (χ1) is 11.8. The van der Waals surface area contributed by atoms with E-state index in [1.54, 1.807) is 0 Å². The maximum atomic E-state index is 11.9. The monoisotopic (exact) mass is 594 g/mol. The van der Waals surface area contributed by atoms with Gasteiger partial charge in [-0.2, -0.15) is 0 Å². The Morgan fingerprint density at radius 2 is 1.08 bits per heavy atom. The van der Waals surface area contributed by atoms with Crippen LogP contribution < -0.4 is 10.6 Å². The number of hydrogen-bond acceptors (Lipinski definition) is 2. The van der Waals surface area contributed by atoms with Gasteiger partial charge in [-0.05, 0) is 107 Å². The van der Waals surface area contributed by atoms with Crippen LogP contribution in [-0.2, 0) is 9.59 Å². The first kappa shape index (κ1) is 20.6. The van der Waals surface area contributed by atoms with Gasteiger partial charge in [-0.15, -0.1) is 0 Å². The van der Waals surface area contributed by atoms with Crippen molar-refractivity contribution in [2.45, 2.75) is 19.3 Å². The van der Waals surface area contributed by atoms with Gasteiger partial charge in [-0.1, -0.05) is 0 Å². The second-order valence-corrected chi connectivity index (χ2v) is 8.63. The number of nitrogens with one attached hydrogen (secondary N) is 2. The number of carbonyl (C=O) groups excluding carboxylic acids is 2. The molecule has 0 radical (unpaired) electrons. The lowest BCUT2D eigenvalue weighted by molar-refractivity contribution is -0.117. The number of halogens is 4. The van der Waals surface area contributed by atoms with Crippen molar-refractivity contribution in [3.05, 3.63) is 54.3 Å². The fourth-order valence-corrected chi connectivity index (χ4v) is 3.26. The Balaban J connectivity index is 1.75. The van der Waals surface area contributed by atoms with Crippen LogP contribution in [-0.4, -0.2) is 11.8 Å². The van der Waals surface area contributed by atoms with Crippen molar-refractivity contribution in [2.75, 3.05) is 10.6 Å². The van der Waals surface area contributed by atoms with Crippen LogP contribution in [0, 0.1) is 0 Å². The largest absolute Gasteiger partial charge is 0.326 e. The van der Waals surface area contributed by atoms with Gasteiger partial charge in [0.2, 0.25) is 11.8 Å². The molecule has 25 heavy (non-hydrogen) atoms. The first-order valence-electron chi connectivity index (χ1n) is 7.35. The van der Waals surface area contributed by atoms with Crippen molar-refractivity contribution < 1.29 is 9.59 Å². The Kier molecular flexibility index (Phi) is 8.12. The zero-order valence-corrected chi connectivity index (χ0v) is 19.3. The summed E-state index contributed by atoms with van der Waals surface area (Å²) in [7, 11) is 0. The molecule has 0 bridgehead atoms. The molecule has 0 fully saturated rings. The SMILES string of the molecule is O=C(CCCC(=O)Nc1ccc(Br)c(Br)c1)Nc1ccc(Br)c(Br)c1. The summed E-state index contributed by atoms with van der Waals surface area (Å²) in [6, 6.07) is 11.0. The van der Waals surface area contributed by atoms with Crippen LogP contribution >= 0.6 is 63.7 Å². The fourth-order valence-electron chi connectivity index (χ4n) is 2.00. The number of rotatable bonds is 6. The molecule has 0 spiro atoms. The molecule has 0 saturated carbocycles. The third kappa shape index (κ3) is 6.84. The lowest BCUT2D eigenvalue weighted by Gasteiger charge is -2.08. The minimum Gasteiger partial charge on any atom is -0.326 e. The predicted octanol–water partition coefficient (Wildman–Crippen LogP) is 6.48. The van der Waals surface area contributed by atoms with Gasteiger partial charge < -0.3 is 10.6 Å². The molecule has 0 aliphatic heterocycles.